The average Bonchev–Trinajstić information content (AvgIpc) is 2.56. The van der Waals surface area contributed by atoms with Crippen molar-refractivity contribution in [3.8, 4) is 5.75 Å². The van der Waals surface area contributed by atoms with Crippen molar-refractivity contribution in [3.63, 3.8) is 0 Å². The number of rotatable bonds is 6. The van der Waals surface area contributed by atoms with Crippen molar-refractivity contribution in [2.45, 2.75) is 26.5 Å². The minimum Gasteiger partial charge on any atom is -0.491 e. The number of hydrogen-bond acceptors (Lipinski definition) is 5. The summed E-state index contributed by atoms with van der Waals surface area (Å²) in [6.07, 6.45) is 1.31. The second-order valence-corrected chi connectivity index (χ2v) is 5.59. The van der Waals surface area contributed by atoms with Crippen LogP contribution in [0.3, 0.4) is 0 Å². The highest BCUT2D eigenvalue weighted by atomic mass is 16.5. The van der Waals surface area contributed by atoms with Crippen molar-refractivity contribution in [3.05, 3.63) is 58.5 Å². The number of ether oxygens (including phenoxy) is 2. The number of methoxy groups -OCH3 is 1. The third-order valence-corrected chi connectivity index (χ3v) is 3.27. The van der Waals surface area contributed by atoms with Gasteiger partial charge in [0.15, 0.2) is 5.75 Å². The van der Waals surface area contributed by atoms with Gasteiger partial charge in [-0.2, -0.15) is 0 Å². The van der Waals surface area contributed by atoms with Gasteiger partial charge in [-0.1, -0.05) is 0 Å². The summed E-state index contributed by atoms with van der Waals surface area (Å²) in [5, 5.41) is 2.67. The third kappa shape index (κ3) is 4.94. The predicted octanol–water partition coefficient (Wildman–Crippen LogP) is 2.06. The number of nitrogens with one attached hydrogen (secondary N) is 1. The molecule has 2 rings (SSSR count). The Hall–Kier alpha value is -3.09. The van der Waals surface area contributed by atoms with Gasteiger partial charge < -0.3 is 19.4 Å². The molecule has 7 heteroatoms. The number of carbonyl (C=O) groups is 2. The zero-order valence-corrected chi connectivity index (χ0v) is 14.3. The highest BCUT2D eigenvalue weighted by molar-refractivity contribution is 5.93. The van der Waals surface area contributed by atoms with Crippen molar-refractivity contribution < 1.29 is 19.1 Å². The Bertz CT molecular complexity index is 809. The molecule has 0 aliphatic heterocycles. The van der Waals surface area contributed by atoms with Gasteiger partial charge in [-0.15, -0.1) is 0 Å². The molecule has 132 valence electrons. The fraction of sp³-hybridized carbons (Fsp3) is 0.278. The van der Waals surface area contributed by atoms with Crippen LogP contribution in [0.25, 0.3) is 0 Å². The molecule has 0 saturated carbocycles. The molecule has 7 nitrogen and oxygen atoms in total. The zero-order chi connectivity index (χ0) is 18.4. The molecule has 0 saturated heterocycles. The van der Waals surface area contributed by atoms with Crippen LogP contribution >= 0.6 is 0 Å². The van der Waals surface area contributed by atoms with Crippen LogP contribution in [0.2, 0.25) is 0 Å². The van der Waals surface area contributed by atoms with Gasteiger partial charge in [0.2, 0.25) is 5.91 Å². The SMILES string of the molecule is COc1cccn(CC(=O)Nc2ccc(C(=O)OC(C)C)cc2)c1=O. The van der Waals surface area contributed by atoms with E-state index in [4.69, 9.17) is 9.47 Å². The zero-order valence-electron chi connectivity index (χ0n) is 14.3. The highest BCUT2D eigenvalue weighted by Crippen LogP contribution is 2.11. The second-order valence-electron chi connectivity index (χ2n) is 5.59. The van der Waals surface area contributed by atoms with Gasteiger partial charge in [0.05, 0.1) is 18.8 Å². The Kier molecular flexibility index (Phi) is 5.94. The summed E-state index contributed by atoms with van der Waals surface area (Å²) in [6.45, 7) is 3.40. The Morgan fingerprint density at radius 2 is 1.84 bits per heavy atom. The third-order valence-electron chi connectivity index (χ3n) is 3.27. The van der Waals surface area contributed by atoms with Crippen molar-refractivity contribution in [1.29, 1.82) is 0 Å². The molecular weight excluding hydrogens is 324 g/mol. The van der Waals surface area contributed by atoms with Gasteiger partial charge in [-0.3, -0.25) is 9.59 Å². The summed E-state index contributed by atoms with van der Waals surface area (Å²) in [5.41, 5.74) is 0.532. The number of nitrogens with zero attached hydrogens (tertiary/aromatic N) is 1. The topological polar surface area (TPSA) is 86.6 Å². The largest absolute Gasteiger partial charge is 0.491 e. The van der Waals surface area contributed by atoms with E-state index in [0.29, 0.717) is 11.3 Å². The number of hydrogen-bond donors (Lipinski definition) is 1. The van der Waals surface area contributed by atoms with Gasteiger partial charge in [-0.25, -0.2) is 4.79 Å². The molecule has 0 aliphatic carbocycles. The van der Waals surface area contributed by atoms with Crippen LogP contribution < -0.4 is 15.6 Å². The summed E-state index contributed by atoms with van der Waals surface area (Å²) in [7, 11) is 1.40. The summed E-state index contributed by atoms with van der Waals surface area (Å²) < 4.78 is 11.3. The van der Waals surface area contributed by atoms with Crippen LogP contribution in [-0.4, -0.2) is 29.7 Å². The smallest absolute Gasteiger partial charge is 0.338 e. The average molecular weight is 344 g/mol. The highest BCUT2D eigenvalue weighted by Gasteiger charge is 2.11. The van der Waals surface area contributed by atoms with E-state index in [1.807, 2.05) is 0 Å². The molecule has 25 heavy (non-hydrogen) atoms. The first kappa shape index (κ1) is 18.3. The molecule has 0 radical (unpaired) electrons. The lowest BCUT2D eigenvalue weighted by Gasteiger charge is -2.10. The first-order chi connectivity index (χ1) is 11.9. The Morgan fingerprint density at radius 3 is 2.44 bits per heavy atom. The van der Waals surface area contributed by atoms with Gasteiger partial charge in [0.25, 0.3) is 5.56 Å². The molecule has 1 N–H and O–H groups in total. The Labute approximate surface area is 145 Å². The molecule has 1 heterocycles. The maximum absolute atomic E-state index is 12.1. The number of carbonyl (C=O) groups excluding carboxylic acids is 2. The van der Waals surface area contributed by atoms with E-state index in [1.165, 1.54) is 23.9 Å². The number of amides is 1. The van der Waals surface area contributed by atoms with E-state index in [9.17, 15) is 14.4 Å². The van der Waals surface area contributed by atoms with Crippen LogP contribution in [-0.2, 0) is 16.1 Å². The van der Waals surface area contributed by atoms with E-state index >= 15 is 0 Å². The maximum Gasteiger partial charge on any atom is 0.338 e. The lowest BCUT2D eigenvalue weighted by Crippen LogP contribution is -2.27. The Balaban J connectivity index is 2.01. The molecule has 1 aromatic heterocycles. The van der Waals surface area contributed by atoms with Crippen LogP contribution in [0.4, 0.5) is 5.69 Å². The standard InChI is InChI=1S/C18H20N2O5/c1-12(2)25-18(23)13-6-8-14(9-7-13)19-16(21)11-20-10-4-5-15(24-3)17(20)22/h4-10,12H,11H2,1-3H3,(H,19,21). The molecule has 0 unspecified atom stereocenters. The van der Waals surface area contributed by atoms with Gasteiger partial charge in [0, 0.05) is 11.9 Å². The van der Waals surface area contributed by atoms with E-state index in [1.54, 1.807) is 44.2 Å². The van der Waals surface area contributed by atoms with Crippen LogP contribution in [0.5, 0.6) is 5.75 Å². The van der Waals surface area contributed by atoms with Crippen LogP contribution in [0.15, 0.2) is 47.4 Å². The quantitative estimate of drug-likeness (QED) is 0.811. The molecule has 0 aliphatic rings. The number of aromatic nitrogens is 1. The second kappa shape index (κ2) is 8.14. The molecule has 0 atom stereocenters. The normalized spacial score (nSPS) is 10.4. The maximum atomic E-state index is 12.1. The first-order valence-electron chi connectivity index (χ1n) is 7.75. The molecular formula is C18H20N2O5. The van der Waals surface area contributed by atoms with E-state index in [-0.39, 0.29) is 29.9 Å². The minimum absolute atomic E-state index is 0.146. The van der Waals surface area contributed by atoms with Crippen LogP contribution in [0.1, 0.15) is 24.2 Å². The minimum atomic E-state index is -0.421. The fourth-order valence-electron chi connectivity index (χ4n) is 2.12. The van der Waals surface area contributed by atoms with Crippen LogP contribution in [0, 0.1) is 0 Å². The predicted molar refractivity (Wildman–Crippen MR) is 92.9 cm³/mol. The number of pyridine rings is 1. The summed E-state index contributed by atoms with van der Waals surface area (Å²) in [6, 6.07) is 9.50. The monoisotopic (exact) mass is 344 g/mol. The van der Waals surface area contributed by atoms with E-state index in [2.05, 4.69) is 5.32 Å². The van der Waals surface area contributed by atoms with Gasteiger partial charge in [0.1, 0.15) is 6.54 Å². The first-order valence-corrected chi connectivity index (χ1v) is 7.75. The molecule has 1 aromatic carbocycles. The van der Waals surface area contributed by atoms with Crippen molar-refractivity contribution >= 4 is 17.6 Å². The van der Waals surface area contributed by atoms with E-state index < -0.39 is 5.97 Å². The summed E-state index contributed by atoms with van der Waals surface area (Å²) >= 11 is 0. The summed E-state index contributed by atoms with van der Waals surface area (Å²) in [5.74, 6) is -0.619. The number of esters is 1. The fourth-order valence-corrected chi connectivity index (χ4v) is 2.12. The lowest BCUT2D eigenvalue weighted by molar-refractivity contribution is -0.116. The van der Waals surface area contributed by atoms with Crippen molar-refractivity contribution in [2.24, 2.45) is 0 Å². The number of anilines is 1. The van der Waals surface area contributed by atoms with Gasteiger partial charge >= 0.3 is 5.97 Å². The molecule has 1 amide bonds. The molecule has 0 spiro atoms. The van der Waals surface area contributed by atoms with Crippen molar-refractivity contribution in [1.82, 2.24) is 4.57 Å². The van der Waals surface area contributed by atoms with E-state index in [0.717, 1.165) is 0 Å². The molecule has 0 fully saturated rings. The van der Waals surface area contributed by atoms with Crippen molar-refractivity contribution in [2.75, 3.05) is 12.4 Å². The summed E-state index contributed by atoms with van der Waals surface area (Å²) in [4.78, 5) is 35.9. The lowest BCUT2D eigenvalue weighted by atomic mass is 10.2. The molecule has 2 aromatic rings. The molecule has 0 bridgehead atoms. The Morgan fingerprint density at radius 1 is 1.16 bits per heavy atom. The van der Waals surface area contributed by atoms with Gasteiger partial charge in [-0.05, 0) is 50.2 Å². The number of benzene rings is 1.